The van der Waals surface area contributed by atoms with Crippen LogP contribution >= 0.6 is 0 Å². The van der Waals surface area contributed by atoms with Crippen LogP contribution in [0.1, 0.15) is 32.1 Å². The molecule has 1 rings (SSSR count). The molecule has 0 aromatic carbocycles. The van der Waals surface area contributed by atoms with Gasteiger partial charge in [0.25, 0.3) is 10.1 Å². The minimum atomic E-state index is -3.30. The van der Waals surface area contributed by atoms with E-state index in [9.17, 15) is 13.2 Å². The summed E-state index contributed by atoms with van der Waals surface area (Å²) in [5, 5.41) is 0. The largest absolute Gasteiger partial charge is 0.303 e. The Kier molecular flexibility index (Phi) is 4.73. The van der Waals surface area contributed by atoms with Crippen molar-refractivity contribution in [1.82, 2.24) is 0 Å². The Balaban J connectivity index is 2.16. The molecule has 0 N–H and O–H groups in total. The highest BCUT2D eigenvalue weighted by molar-refractivity contribution is 7.85. The Morgan fingerprint density at radius 3 is 2.33 bits per heavy atom. The molecule has 1 aliphatic carbocycles. The lowest BCUT2D eigenvalue weighted by Gasteiger charge is -2.24. The van der Waals surface area contributed by atoms with Crippen molar-refractivity contribution in [3.8, 4) is 0 Å². The number of hydrogen-bond donors (Lipinski definition) is 0. The first-order valence-electron chi connectivity index (χ1n) is 5.31. The topological polar surface area (TPSA) is 60.4 Å². The molecule has 0 bridgehead atoms. The third kappa shape index (κ3) is 5.28. The summed E-state index contributed by atoms with van der Waals surface area (Å²) in [6.07, 6.45) is 6.77. The summed E-state index contributed by atoms with van der Waals surface area (Å²) in [5.41, 5.74) is 0. The average Bonchev–Trinajstić information content (AvgIpc) is 2.17. The number of aldehydes is 1. The summed E-state index contributed by atoms with van der Waals surface area (Å²) in [4.78, 5) is 10.5. The predicted octanol–water partition coefficient (Wildman–Crippen LogP) is 1.36. The second-order valence-electron chi connectivity index (χ2n) is 4.23. The van der Waals surface area contributed by atoms with Gasteiger partial charge in [-0.2, -0.15) is 8.42 Å². The predicted molar refractivity (Wildman–Crippen MR) is 56.9 cm³/mol. The van der Waals surface area contributed by atoms with Gasteiger partial charge in [0.1, 0.15) is 6.29 Å². The highest BCUT2D eigenvalue weighted by Gasteiger charge is 2.20. The zero-order valence-electron chi connectivity index (χ0n) is 9.02. The number of hydrogen-bond acceptors (Lipinski definition) is 4. The van der Waals surface area contributed by atoms with Crippen molar-refractivity contribution < 1.29 is 17.4 Å². The molecule has 0 radical (unpaired) electrons. The molecule has 0 unspecified atom stereocenters. The molecular formula is C10H18O4S. The molecule has 0 spiro atoms. The van der Waals surface area contributed by atoms with Crippen molar-refractivity contribution in [3.05, 3.63) is 0 Å². The van der Waals surface area contributed by atoms with Gasteiger partial charge in [0.2, 0.25) is 0 Å². The van der Waals surface area contributed by atoms with Crippen LogP contribution in [0.2, 0.25) is 0 Å². The van der Waals surface area contributed by atoms with E-state index >= 15 is 0 Å². The molecule has 0 heterocycles. The third-order valence-corrected chi connectivity index (χ3v) is 3.50. The van der Waals surface area contributed by atoms with E-state index in [-0.39, 0.29) is 12.5 Å². The molecule has 0 amide bonds. The van der Waals surface area contributed by atoms with Gasteiger partial charge in [-0.15, -0.1) is 0 Å². The van der Waals surface area contributed by atoms with Crippen molar-refractivity contribution in [2.24, 2.45) is 11.8 Å². The normalized spacial score (nSPS) is 27.5. The maximum atomic E-state index is 10.7. The summed E-state index contributed by atoms with van der Waals surface area (Å²) in [5.74, 6) is 0.736. The van der Waals surface area contributed by atoms with Crippen LogP contribution in [0.5, 0.6) is 0 Å². The Morgan fingerprint density at radius 1 is 1.27 bits per heavy atom. The molecule has 4 nitrogen and oxygen atoms in total. The molecule has 0 aromatic rings. The summed E-state index contributed by atoms with van der Waals surface area (Å²) >= 11 is 0. The molecular weight excluding hydrogens is 216 g/mol. The van der Waals surface area contributed by atoms with Gasteiger partial charge >= 0.3 is 0 Å². The first kappa shape index (κ1) is 12.6. The van der Waals surface area contributed by atoms with Crippen molar-refractivity contribution >= 4 is 16.4 Å². The van der Waals surface area contributed by atoms with Crippen LogP contribution in [0.3, 0.4) is 0 Å². The van der Waals surface area contributed by atoms with Crippen LogP contribution in [0.15, 0.2) is 0 Å². The first-order chi connectivity index (χ1) is 7.01. The summed E-state index contributed by atoms with van der Waals surface area (Å²) in [7, 11) is -3.30. The molecule has 1 saturated carbocycles. The smallest absolute Gasteiger partial charge is 0.264 e. The summed E-state index contributed by atoms with van der Waals surface area (Å²) < 4.78 is 26.1. The highest BCUT2D eigenvalue weighted by Crippen LogP contribution is 2.29. The van der Waals surface area contributed by atoms with Crippen LogP contribution in [0.25, 0.3) is 0 Å². The van der Waals surface area contributed by atoms with Crippen molar-refractivity contribution in [2.45, 2.75) is 32.1 Å². The SMILES string of the molecule is CS(=O)(=O)OCCC1CCC(C=O)CC1. The van der Waals surface area contributed by atoms with Gasteiger partial charge in [-0.05, 0) is 38.0 Å². The van der Waals surface area contributed by atoms with E-state index < -0.39 is 10.1 Å². The molecule has 0 saturated heterocycles. The first-order valence-corrected chi connectivity index (χ1v) is 7.12. The lowest BCUT2D eigenvalue weighted by Crippen LogP contribution is -2.17. The lowest BCUT2D eigenvalue weighted by atomic mass is 9.81. The standard InChI is InChI=1S/C10H18O4S/c1-15(12,13)14-7-6-9-2-4-10(8-11)5-3-9/h8-10H,2-7H2,1H3. The van der Waals surface area contributed by atoms with E-state index in [0.29, 0.717) is 5.92 Å². The third-order valence-electron chi connectivity index (χ3n) is 2.91. The Morgan fingerprint density at radius 2 is 1.87 bits per heavy atom. The zero-order chi connectivity index (χ0) is 11.3. The Labute approximate surface area is 91.1 Å². The number of carbonyl (C=O) groups excluding carboxylic acids is 1. The van der Waals surface area contributed by atoms with Crippen LogP contribution in [-0.4, -0.2) is 27.6 Å². The van der Waals surface area contributed by atoms with Gasteiger partial charge in [-0.3, -0.25) is 4.18 Å². The van der Waals surface area contributed by atoms with E-state index in [1.165, 1.54) is 0 Å². The van der Waals surface area contributed by atoms with Gasteiger partial charge in [-0.25, -0.2) is 0 Å². The van der Waals surface area contributed by atoms with Crippen LogP contribution in [0, 0.1) is 11.8 Å². The van der Waals surface area contributed by atoms with Crippen LogP contribution in [0.4, 0.5) is 0 Å². The van der Waals surface area contributed by atoms with Gasteiger partial charge in [0, 0.05) is 5.92 Å². The highest BCUT2D eigenvalue weighted by atomic mass is 32.2. The van der Waals surface area contributed by atoms with Crippen LogP contribution in [-0.2, 0) is 19.1 Å². The van der Waals surface area contributed by atoms with Crippen molar-refractivity contribution in [3.63, 3.8) is 0 Å². The van der Waals surface area contributed by atoms with Crippen molar-refractivity contribution in [2.75, 3.05) is 12.9 Å². The monoisotopic (exact) mass is 234 g/mol. The van der Waals surface area contributed by atoms with E-state index in [1.54, 1.807) is 0 Å². The Bertz CT molecular complexity index is 289. The quantitative estimate of drug-likeness (QED) is 0.532. The van der Waals surface area contributed by atoms with E-state index in [1.807, 2.05) is 0 Å². The van der Waals surface area contributed by atoms with Crippen LogP contribution < -0.4 is 0 Å². The summed E-state index contributed by atoms with van der Waals surface area (Å²) in [6, 6.07) is 0. The Hall–Kier alpha value is -0.420. The average molecular weight is 234 g/mol. The number of rotatable bonds is 5. The molecule has 0 aliphatic heterocycles. The fourth-order valence-corrected chi connectivity index (χ4v) is 2.38. The molecule has 0 atom stereocenters. The van der Waals surface area contributed by atoms with Gasteiger partial charge < -0.3 is 4.79 Å². The minimum Gasteiger partial charge on any atom is -0.303 e. The lowest BCUT2D eigenvalue weighted by molar-refractivity contribution is -0.112. The molecule has 1 aliphatic rings. The van der Waals surface area contributed by atoms with E-state index in [0.717, 1.165) is 44.6 Å². The fraction of sp³-hybridized carbons (Fsp3) is 0.900. The maximum absolute atomic E-state index is 10.7. The number of carbonyl (C=O) groups is 1. The van der Waals surface area contributed by atoms with E-state index in [4.69, 9.17) is 0 Å². The molecule has 15 heavy (non-hydrogen) atoms. The van der Waals surface area contributed by atoms with Crippen molar-refractivity contribution in [1.29, 1.82) is 0 Å². The fourth-order valence-electron chi connectivity index (χ4n) is 1.98. The van der Waals surface area contributed by atoms with Gasteiger partial charge in [0.05, 0.1) is 12.9 Å². The molecule has 1 fully saturated rings. The second kappa shape index (κ2) is 5.61. The van der Waals surface area contributed by atoms with Gasteiger partial charge in [0.15, 0.2) is 0 Å². The second-order valence-corrected chi connectivity index (χ2v) is 5.88. The zero-order valence-corrected chi connectivity index (χ0v) is 9.83. The molecule has 88 valence electrons. The minimum absolute atomic E-state index is 0.220. The van der Waals surface area contributed by atoms with E-state index in [2.05, 4.69) is 4.18 Å². The van der Waals surface area contributed by atoms with Gasteiger partial charge in [-0.1, -0.05) is 0 Å². The summed E-state index contributed by atoms with van der Waals surface area (Å²) in [6.45, 7) is 0.273. The molecule has 0 aromatic heterocycles. The maximum Gasteiger partial charge on any atom is 0.264 e. The molecule has 5 heteroatoms.